The maximum atomic E-state index is 12.2. The molecule has 120 valence electrons. The molecule has 0 saturated carbocycles. The van der Waals surface area contributed by atoms with Gasteiger partial charge in [-0.3, -0.25) is 4.79 Å². The van der Waals surface area contributed by atoms with Crippen LogP contribution in [-0.4, -0.2) is 29.2 Å². The molecule has 2 aromatic rings. The predicted molar refractivity (Wildman–Crippen MR) is 94.7 cm³/mol. The highest BCUT2D eigenvalue weighted by Crippen LogP contribution is 2.23. The molecule has 0 bridgehead atoms. The van der Waals surface area contributed by atoms with E-state index < -0.39 is 0 Å². The molecule has 1 amide bonds. The standard InChI is InChI=1S/C17H19BrN4O/c1-12-8-10-22(11-9-12)16-7-6-15(20-21-16)17(23)19-14-5-3-2-4-13(14)18/h2-7,12H,8-11H2,1H3,(H,19,23). The number of piperidine rings is 1. The maximum Gasteiger partial charge on any atom is 0.276 e. The van der Waals surface area contributed by atoms with Gasteiger partial charge in [-0.15, -0.1) is 10.2 Å². The lowest BCUT2D eigenvalue weighted by Crippen LogP contribution is -2.33. The van der Waals surface area contributed by atoms with Gasteiger partial charge < -0.3 is 10.2 Å². The molecule has 2 heterocycles. The zero-order valence-electron chi connectivity index (χ0n) is 13.0. The molecule has 3 rings (SSSR count). The summed E-state index contributed by atoms with van der Waals surface area (Å²) in [5.74, 6) is 1.35. The van der Waals surface area contributed by atoms with Crippen molar-refractivity contribution in [1.29, 1.82) is 0 Å². The van der Waals surface area contributed by atoms with Crippen LogP contribution in [0.25, 0.3) is 0 Å². The molecule has 1 fully saturated rings. The minimum Gasteiger partial charge on any atom is -0.355 e. The Kier molecular flexibility index (Phi) is 4.91. The number of hydrogen-bond donors (Lipinski definition) is 1. The first-order valence-corrected chi connectivity index (χ1v) is 8.57. The predicted octanol–water partition coefficient (Wildman–Crippen LogP) is 3.73. The number of benzene rings is 1. The van der Waals surface area contributed by atoms with Crippen molar-refractivity contribution < 1.29 is 4.79 Å². The Bertz CT molecular complexity index is 681. The van der Waals surface area contributed by atoms with Gasteiger partial charge in [0.05, 0.1) is 5.69 Å². The summed E-state index contributed by atoms with van der Waals surface area (Å²) in [4.78, 5) is 14.5. The third kappa shape index (κ3) is 3.88. The van der Waals surface area contributed by atoms with Crippen molar-refractivity contribution in [1.82, 2.24) is 10.2 Å². The van der Waals surface area contributed by atoms with Crippen LogP contribution in [-0.2, 0) is 0 Å². The SMILES string of the molecule is CC1CCN(c2ccc(C(=O)Nc3ccccc3Br)nn2)CC1. The normalized spacial score (nSPS) is 15.5. The monoisotopic (exact) mass is 374 g/mol. The van der Waals surface area contributed by atoms with Crippen molar-refractivity contribution in [3.05, 3.63) is 46.6 Å². The van der Waals surface area contributed by atoms with E-state index >= 15 is 0 Å². The maximum absolute atomic E-state index is 12.2. The van der Waals surface area contributed by atoms with Crippen LogP contribution in [0.5, 0.6) is 0 Å². The molecular formula is C17H19BrN4O. The zero-order chi connectivity index (χ0) is 16.2. The van der Waals surface area contributed by atoms with Crippen LogP contribution in [0, 0.1) is 5.92 Å². The van der Waals surface area contributed by atoms with Crippen LogP contribution in [0.4, 0.5) is 11.5 Å². The molecule has 23 heavy (non-hydrogen) atoms. The number of carbonyl (C=O) groups is 1. The van der Waals surface area contributed by atoms with Gasteiger partial charge >= 0.3 is 0 Å². The smallest absolute Gasteiger partial charge is 0.276 e. The molecule has 1 N–H and O–H groups in total. The van der Waals surface area contributed by atoms with E-state index in [0.717, 1.165) is 29.3 Å². The molecule has 0 unspecified atom stereocenters. The fraction of sp³-hybridized carbons (Fsp3) is 0.353. The number of carbonyl (C=O) groups excluding carboxylic acids is 1. The van der Waals surface area contributed by atoms with Crippen molar-refractivity contribution in [2.75, 3.05) is 23.3 Å². The quantitative estimate of drug-likeness (QED) is 0.888. The van der Waals surface area contributed by atoms with E-state index in [9.17, 15) is 4.79 Å². The van der Waals surface area contributed by atoms with Gasteiger partial charge in [0.25, 0.3) is 5.91 Å². The van der Waals surface area contributed by atoms with E-state index in [0.29, 0.717) is 11.4 Å². The number of amides is 1. The summed E-state index contributed by atoms with van der Waals surface area (Å²) in [6, 6.07) is 11.1. The topological polar surface area (TPSA) is 58.1 Å². The lowest BCUT2D eigenvalue weighted by molar-refractivity contribution is 0.102. The second-order valence-electron chi connectivity index (χ2n) is 5.88. The van der Waals surface area contributed by atoms with Crippen molar-refractivity contribution >= 4 is 33.3 Å². The highest BCUT2D eigenvalue weighted by molar-refractivity contribution is 9.10. The van der Waals surface area contributed by atoms with Gasteiger partial charge in [0.15, 0.2) is 11.5 Å². The summed E-state index contributed by atoms with van der Waals surface area (Å²) >= 11 is 3.41. The Morgan fingerprint density at radius 3 is 2.57 bits per heavy atom. The van der Waals surface area contributed by atoms with Crippen molar-refractivity contribution in [3.8, 4) is 0 Å². The summed E-state index contributed by atoms with van der Waals surface area (Å²) in [6.45, 7) is 4.27. The fourth-order valence-corrected chi connectivity index (χ4v) is 2.99. The average molecular weight is 375 g/mol. The fourth-order valence-electron chi connectivity index (χ4n) is 2.60. The average Bonchev–Trinajstić information content (AvgIpc) is 2.58. The van der Waals surface area contributed by atoms with Crippen LogP contribution in [0.1, 0.15) is 30.3 Å². The molecule has 0 radical (unpaired) electrons. The lowest BCUT2D eigenvalue weighted by Gasteiger charge is -2.30. The van der Waals surface area contributed by atoms with Gasteiger partial charge in [-0.1, -0.05) is 19.1 Å². The van der Waals surface area contributed by atoms with Gasteiger partial charge in [0.2, 0.25) is 0 Å². The molecule has 0 spiro atoms. The van der Waals surface area contributed by atoms with E-state index in [2.05, 4.69) is 43.3 Å². The lowest BCUT2D eigenvalue weighted by atomic mass is 9.99. The van der Waals surface area contributed by atoms with Crippen LogP contribution in [0.3, 0.4) is 0 Å². The van der Waals surface area contributed by atoms with Gasteiger partial charge in [0.1, 0.15) is 0 Å². The van der Waals surface area contributed by atoms with E-state index in [1.165, 1.54) is 12.8 Å². The number of nitrogens with zero attached hydrogens (tertiary/aromatic N) is 3. The van der Waals surface area contributed by atoms with Crippen molar-refractivity contribution in [3.63, 3.8) is 0 Å². The van der Waals surface area contributed by atoms with Crippen LogP contribution >= 0.6 is 15.9 Å². The molecule has 1 aliphatic rings. The van der Waals surface area contributed by atoms with Gasteiger partial charge in [-0.2, -0.15) is 0 Å². The highest BCUT2D eigenvalue weighted by Gasteiger charge is 2.18. The molecule has 0 atom stereocenters. The van der Waals surface area contributed by atoms with Gasteiger partial charge in [-0.05, 0) is 59.0 Å². The Balaban J connectivity index is 1.67. The first-order valence-electron chi connectivity index (χ1n) is 7.78. The number of nitrogens with one attached hydrogen (secondary N) is 1. The number of aromatic nitrogens is 2. The summed E-state index contributed by atoms with van der Waals surface area (Å²) in [7, 11) is 0. The third-order valence-corrected chi connectivity index (χ3v) is 4.80. The zero-order valence-corrected chi connectivity index (χ0v) is 14.6. The van der Waals surface area contributed by atoms with Crippen molar-refractivity contribution in [2.45, 2.75) is 19.8 Å². The van der Waals surface area contributed by atoms with Gasteiger partial charge in [-0.25, -0.2) is 0 Å². The van der Waals surface area contributed by atoms with E-state index in [-0.39, 0.29) is 5.91 Å². The van der Waals surface area contributed by atoms with Crippen molar-refractivity contribution in [2.24, 2.45) is 5.92 Å². The van der Waals surface area contributed by atoms with Crippen LogP contribution < -0.4 is 10.2 Å². The Hall–Kier alpha value is -1.95. The van der Waals surface area contributed by atoms with E-state index in [1.54, 1.807) is 6.07 Å². The Labute approximate surface area is 144 Å². The first kappa shape index (κ1) is 15.9. The third-order valence-electron chi connectivity index (χ3n) is 4.11. The minimum absolute atomic E-state index is 0.261. The molecule has 5 nitrogen and oxygen atoms in total. The number of rotatable bonds is 3. The number of anilines is 2. The van der Waals surface area contributed by atoms with Gasteiger partial charge in [0, 0.05) is 17.6 Å². The summed E-state index contributed by atoms with van der Waals surface area (Å²) in [5.41, 5.74) is 1.03. The van der Waals surface area contributed by atoms with Crippen LogP contribution in [0.15, 0.2) is 40.9 Å². The molecular weight excluding hydrogens is 356 g/mol. The highest BCUT2D eigenvalue weighted by atomic mass is 79.9. The second-order valence-corrected chi connectivity index (χ2v) is 6.73. The molecule has 6 heteroatoms. The summed E-state index contributed by atoms with van der Waals surface area (Å²) in [5, 5.41) is 11.1. The minimum atomic E-state index is -0.261. The van der Waals surface area contributed by atoms with E-state index in [1.807, 2.05) is 30.3 Å². The molecule has 0 aliphatic carbocycles. The molecule has 1 aromatic heterocycles. The molecule has 1 saturated heterocycles. The summed E-state index contributed by atoms with van der Waals surface area (Å²) < 4.78 is 0.834. The van der Waals surface area contributed by atoms with E-state index in [4.69, 9.17) is 0 Å². The first-order chi connectivity index (χ1) is 11.1. The number of hydrogen-bond acceptors (Lipinski definition) is 4. The largest absolute Gasteiger partial charge is 0.355 e. The summed E-state index contributed by atoms with van der Waals surface area (Å²) in [6.07, 6.45) is 2.35. The number of halogens is 1. The molecule has 1 aromatic carbocycles. The number of para-hydroxylation sites is 1. The second kappa shape index (κ2) is 7.08. The van der Waals surface area contributed by atoms with Crippen LogP contribution in [0.2, 0.25) is 0 Å². The molecule has 1 aliphatic heterocycles. The Morgan fingerprint density at radius 1 is 1.17 bits per heavy atom. The Morgan fingerprint density at radius 2 is 1.91 bits per heavy atom.